The van der Waals surface area contributed by atoms with E-state index in [0.29, 0.717) is 12.4 Å². The quantitative estimate of drug-likeness (QED) is 0.590. The van der Waals surface area contributed by atoms with E-state index in [1.54, 1.807) is 20.8 Å². The average molecular weight is 293 g/mol. The minimum Gasteiger partial charge on any atom is -0.476 e. The first-order valence-electron chi connectivity index (χ1n) is 7.57. The summed E-state index contributed by atoms with van der Waals surface area (Å²) in [6.07, 6.45) is 1.12. The van der Waals surface area contributed by atoms with Gasteiger partial charge in [0.25, 0.3) is 0 Å². The number of carbonyl (C=O) groups excluding carboxylic acids is 1. The SMILES string of the molecule is CCCNCc1ccc(OC(C)(C)C(=O)OCC)c(C)c1. The number of hydrogen-bond donors (Lipinski definition) is 1. The van der Waals surface area contributed by atoms with E-state index in [-0.39, 0.29) is 5.97 Å². The van der Waals surface area contributed by atoms with Crippen LogP contribution in [0.1, 0.15) is 45.2 Å². The minimum absolute atomic E-state index is 0.349. The highest BCUT2D eigenvalue weighted by molar-refractivity contribution is 5.79. The Balaban J connectivity index is 2.74. The van der Waals surface area contributed by atoms with Crippen LogP contribution in [0.3, 0.4) is 0 Å². The third kappa shape index (κ3) is 5.38. The third-order valence-corrected chi connectivity index (χ3v) is 3.13. The first kappa shape index (κ1) is 17.5. The Morgan fingerprint density at radius 3 is 2.57 bits per heavy atom. The van der Waals surface area contributed by atoms with Crippen molar-refractivity contribution in [2.24, 2.45) is 0 Å². The molecular formula is C17H27NO3. The van der Waals surface area contributed by atoms with Crippen LogP contribution in [0.15, 0.2) is 18.2 Å². The number of hydrogen-bond acceptors (Lipinski definition) is 4. The van der Waals surface area contributed by atoms with Gasteiger partial charge in [-0.1, -0.05) is 19.1 Å². The maximum absolute atomic E-state index is 11.9. The van der Waals surface area contributed by atoms with Crippen LogP contribution in [-0.2, 0) is 16.1 Å². The third-order valence-electron chi connectivity index (χ3n) is 3.13. The monoisotopic (exact) mass is 293 g/mol. The van der Waals surface area contributed by atoms with Gasteiger partial charge in [0, 0.05) is 6.54 Å². The van der Waals surface area contributed by atoms with E-state index in [0.717, 1.165) is 25.1 Å². The average Bonchev–Trinajstić information content (AvgIpc) is 2.42. The topological polar surface area (TPSA) is 47.6 Å². The molecule has 21 heavy (non-hydrogen) atoms. The van der Waals surface area contributed by atoms with Crippen molar-refractivity contribution in [2.75, 3.05) is 13.2 Å². The lowest BCUT2D eigenvalue weighted by atomic mass is 10.1. The van der Waals surface area contributed by atoms with E-state index in [1.807, 2.05) is 19.1 Å². The van der Waals surface area contributed by atoms with Crippen molar-refractivity contribution in [3.05, 3.63) is 29.3 Å². The van der Waals surface area contributed by atoms with Gasteiger partial charge in [0.15, 0.2) is 5.60 Å². The first-order valence-corrected chi connectivity index (χ1v) is 7.57. The summed E-state index contributed by atoms with van der Waals surface area (Å²) in [4.78, 5) is 11.9. The summed E-state index contributed by atoms with van der Waals surface area (Å²) in [5, 5.41) is 3.37. The molecule has 1 N–H and O–H groups in total. The number of esters is 1. The van der Waals surface area contributed by atoms with Crippen molar-refractivity contribution in [1.29, 1.82) is 0 Å². The van der Waals surface area contributed by atoms with Crippen molar-refractivity contribution < 1.29 is 14.3 Å². The molecule has 4 heteroatoms. The van der Waals surface area contributed by atoms with Gasteiger partial charge in [0.05, 0.1) is 6.61 Å². The Bertz CT molecular complexity index is 469. The maximum atomic E-state index is 11.9. The molecule has 1 rings (SSSR count). The van der Waals surface area contributed by atoms with Crippen LogP contribution < -0.4 is 10.1 Å². The molecule has 118 valence electrons. The van der Waals surface area contributed by atoms with Gasteiger partial charge in [-0.2, -0.15) is 0 Å². The van der Waals surface area contributed by atoms with Gasteiger partial charge in [0.2, 0.25) is 0 Å². The molecule has 1 aromatic rings. The van der Waals surface area contributed by atoms with E-state index in [9.17, 15) is 4.79 Å². The molecule has 0 unspecified atom stereocenters. The standard InChI is InChI=1S/C17H27NO3/c1-6-10-18-12-14-8-9-15(13(3)11-14)21-17(4,5)16(19)20-7-2/h8-9,11,18H,6-7,10,12H2,1-5H3. The summed E-state index contributed by atoms with van der Waals surface area (Å²) < 4.78 is 10.9. The van der Waals surface area contributed by atoms with E-state index in [1.165, 1.54) is 5.56 Å². The molecule has 0 atom stereocenters. The number of carbonyl (C=O) groups is 1. The second kappa shape index (κ2) is 8.03. The second-order valence-electron chi connectivity index (χ2n) is 5.61. The molecule has 0 aliphatic heterocycles. The molecule has 0 fully saturated rings. The smallest absolute Gasteiger partial charge is 0.349 e. The number of rotatable bonds is 8. The Morgan fingerprint density at radius 2 is 2.00 bits per heavy atom. The molecular weight excluding hydrogens is 266 g/mol. The maximum Gasteiger partial charge on any atom is 0.349 e. The van der Waals surface area contributed by atoms with Gasteiger partial charge >= 0.3 is 5.97 Å². The van der Waals surface area contributed by atoms with Crippen molar-refractivity contribution in [2.45, 2.75) is 53.2 Å². The summed E-state index contributed by atoms with van der Waals surface area (Å²) in [7, 11) is 0. The molecule has 0 radical (unpaired) electrons. The number of nitrogens with one attached hydrogen (secondary N) is 1. The largest absolute Gasteiger partial charge is 0.476 e. The fourth-order valence-electron chi connectivity index (χ4n) is 1.97. The summed E-state index contributed by atoms with van der Waals surface area (Å²) in [5.41, 5.74) is 1.24. The van der Waals surface area contributed by atoms with Crippen LogP contribution in [0.25, 0.3) is 0 Å². The zero-order chi connectivity index (χ0) is 15.9. The van der Waals surface area contributed by atoms with Gasteiger partial charge in [-0.15, -0.1) is 0 Å². The molecule has 0 aliphatic carbocycles. The number of aryl methyl sites for hydroxylation is 1. The molecule has 4 nitrogen and oxygen atoms in total. The van der Waals surface area contributed by atoms with Crippen molar-refractivity contribution in [1.82, 2.24) is 5.32 Å². The first-order chi connectivity index (χ1) is 9.90. The Kier molecular flexibility index (Phi) is 6.69. The lowest BCUT2D eigenvalue weighted by Gasteiger charge is -2.25. The second-order valence-corrected chi connectivity index (χ2v) is 5.61. The van der Waals surface area contributed by atoms with Crippen LogP contribution in [0, 0.1) is 6.92 Å². The van der Waals surface area contributed by atoms with Crippen LogP contribution in [0.2, 0.25) is 0 Å². The van der Waals surface area contributed by atoms with Crippen LogP contribution in [-0.4, -0.2) is 24.7 Å². The molecule has 0 saturated heterocycles. The highest BCUT2D eigenvalue weighted by Crippen LogP contribution is 2.24. The van der Waals surface area contributed by atoms with Crippen molar-refractivity contribution in [3.8, 4) is 5.75 Å². The highest BCUT2D eigenvalue weighted by atomic mass is 16.6. The zero-order valence-electron chi connectivity index (χ0n) is 13.8. The van der Waals surface area contributed by atoms with Crippen LogP contribution in [0.5, 0.6) is 5.75 Å². The fraction of sp³-hybridized carbons (Fsp3) is 0.588. The molecule has 0 spiro atoms. The van der Waals surface area contributed by atoms with E-state index < -0.39 is 5.60 Å². The van der Waals surface area contributed by atoms with Gasteiger partial charge in [0.1, 0.15) is 5.75 Å². The van der Waals surface area contributed by atoms with Gasteiger partial charge < -0.3 is 14.8 Å². The molecule has 0 aliphatic rings. The molecule has 1 aromatic carbocycles. The van der Waals surface area contributed by atoms with Crippen LogP contribution >= 0.6 is 0 Å². The lowest BCUT2D eigenvalue weighted by Crippen LogP contribution is -2.39. The number of ether oxygens (including phenoxy) is 2. The Labute approximate surface area is 127 Å². The van der Waals surface area contributed by atoms with Gasteiger partial charge in [-0.25, -0.2) is 4.79 Å². The predicted molar refractivity (Wildman–Crippen MR) is 84.5 cm³/mol. The fourth-order valence-corrected chi connectivity index (χ4v) is 1.97. The predicted octanol–water partition coefficient (Wildman–Crippen LogP) is 3.22. The Hall–Kier alpha value is -1.55. The summed E-state index contributed by atoms with van der Waals surface area (Å²) in [5.74, 6) is 0.366. The molecule has 0 bridgehead atoms. The molecule has 0 amide bonds. The zero-order valence-corrected chi connectivity index (χ0v) is 13.8. The van der Waals surface area contributed by atoms with Crippen LogP contribution in [0.4, 0.5) is 0 Å². The molecule has 0 saturated carbocycles. The van der Waals surface area contributed by atoms with E-state index in [4.69, 9.17) is 9.47 Å². The minimum atomic E-state index is -0.983. The van der Waals surface area contributed by atoms with Gasteiger partial charge in [-0.05, 0) is 57.9 Å². The van der Waals surface area contributed by atoms with Gasteiger partial charge in [-0.3, -0.25) is 0 Å². The van der Waals surface area contributed by atoms with E-state index in [2.05, 4.69) is 18.3 Å². The normalized spacial score (nSPS) is 11.3. The summed E-state index contributed by atoms with van der Waals surface area (Å²) >= 11 is 0. The van der Waals surface area contributed by atoms with Crippen molar-refractivity contribution in [3.63, 3.8) is 0 Å². The lowest BCUT2D eigenvalue weighted by molar-refractivity contribution is -0.158. The number of benzene rings is 1. The Morgan fingerprint density at radius 1 is 1.29 bits per heavy atom. The summed E-state index contributed by atoms with van der Waals surface area (Å²) in [6, 6.07) is 6.02. The van der Waals surface area contributed by atoms with E-state index >= 15 is 0 Å². The molecule has 0 aromatic heterocycles. The highest BCUT2D eigenvalue weighted by Gasteiger charge is 2.31. The van der Waals surface area contributed by atoms with Crippen molar-refractivity contribution >= 4 is 5.97 Å². The summed E-state index contributed by atoms with van der Waals surface area (Å²) in [6.45, 7) is 11.6. The molecule has 0 heterocycles.